The summed E-state index contributed by atoms with van der Waals surface area (Å²) < 4.78 is 5.50. The van der Waals surface area contributed by atoms with Gasteiger partial charge in [-0.1, -0.05) is 60.7 Å². The fourth-order valence-electron chi connectivity index (χ4n) is 4.78. The minimum absolute atomic E-state index is 0.281. The van der Waals surface area contributed by atoms with Crippen molar-refractivity contribution in [2.75, 3.05) is 0 Å². The zero-order valence-electron chi connectivity index (χ0n) is 20.4. The van der Waals surface area contributed by atoms with Crippen molar-refractivity contribution < 1.29 is 9.53 Å². The first-order valence-corrected chi connectivity index (χ1v) is 12.0. The van der Waals surface area contributed by atoms with Gasteiger partial charge in [-0.15, -0.1) is 0 Å². The van der Waals surface area contributed by atoms with Crippen LogP contribution in [0.3, 0.4) is 0 Å². The van der Waals surface area contributed by atoms with E-state index in [9.17, 15) is 4.79 Å². The highest BCUT2D eigenvalue weighted by molar-refractivity contribution is 5.68. The highest BCUT2D eigenvalue weighted by Crippen LogP contribution is 2.35. The van der Waals surface area contributed by atoms with E-state index in [2.05, 4.69) is 84.7 Å². The lowest BCUT2D eigenvalue weighted by Gasteiger charge is -2.43. The third-order valence-corrected chi connectivity index (χ3v) is 6.51. The number of benzene rings is 2. The molecular formula is C28H40N2O2. The predicted molar refractivity (Wildman–Crippen MR) is 131 cm³/mol. The van der Waals surface area contributed by atoms with Crippen LogP contribution in [0.25, 0.3) is 0 Å². The van der Waals surface area contributed by atoms with Crippen molar-refractivity contribution in [2.24, 2.45) is 5.92 Å². The second-order valence-corrected chi connectivity index (χ2v) is 10.7. The fraction of sp³-hybridized carbons (Fsp3) is 0.536. The Labute approximate surface area is 194 Å². The zero-order chi connectivity index (χ0) is 23.2. The van der Waals surface area contributed by atoms with Gasteiger partial charge in [-0.3, -0.25) is 4.90 Å². The second kappa shape index (κ2) is 10.5. The van der Waals surface area contributed by atoms with Crippen LogP contribution < -0.4 is 5.32 Å². The first-order chi connectivity index (χ1) is 15.1. The monoisotopic (exact) mass is 436 g/mol. The molecule has 1 saturated carbocycles. The Morgan fingerprint density at radius 2 is 1.31 bits per heavy atom. The fourth-order valence-corrected chi connectivity index (χ4v) is 4.78. The number of carbonyl (C=O) groups is 1. The topological polar surface area (TPSA) is 41.6 Å². The van der Waals surface area contributed by atoms with E-state index in [-0.39, 0.29) is 11.6 Å². The largest absolute Gasteiger partial charge is 0.444 e. The molecule has 0 spiro atoms. The van der Waals surface area contributed by atoms with Crippen molar-refractivity contribution in [2.45, 2.75) is 90.6 Å². The minimum Gasteiger partial charge on any atom is -0.444 e. The van der Waals surface area contributed by atoms with Gasteiger partial charge in [0, 0.05) is 24.7 Å². The van der Waals surface area contributed by atoms with E-state index in [4.69, 9.17) is 4.74 Å². The predicted octanol–water partition coefficient (Wildman–Crippen LogP) is 6.55. The molecule has 0 heterocycles. The maximum Gasteiger partial charge on any atom is 0.408 e. The summed E-state index contributed by atoms with van der Waals surface area (Å²) in [4.78, 5) is 15.0. The molecule has 4 heteroatoms. The van der Waals surface area contributed by atoms with Crippen LogP contribution in [0.2, 0.25) is 0 Å². The van der Waals surface area contributed by atoms with E-state index in [1.165, 1.54) is 11.1 Å². The van der Waals surface area contributed by atoms with Crippen molar-refractivity contribution in [1.82, 2.24) is 10.2 Å². The molecule has 1 aliphatic rings. The Morgan fingerprint density at radius 1 is 0.844 bits per heavy atom. The molecule has 0 saturated heterocycles. The molecule has 0 bridgehead atoms. The van der Waals surface area contributed by atoms with E-state index in [0.29, 0.717) is 12.0 Å². The summed E-state index contributed by atoms with van der Waals surface area (Å²) in [5.74, 6) is 0.446. The molecule has 1 N–H and O–H groups in total. The summed E-state index contributed by atoms with van der Waals surface area (Å²) in [6.45, 7) is 11.9. The molecule has 3 rings (SSSR count). The smallest absolute Gasteiger partial charge is 0.408 e. The average molecular weight is 437 g/mol. The van der Waals surface area contributed by atoms with Crippen molar-refractivity contribution >= 4 is 6.09 Å². The first kappa shape index (κ1) is 24.3. The number of nitrogens with zero attached hydrogens (tertiary/aromatic N) is 1. The van der Waals surface area contributed by atoms with Crippen molar-refractivity contribution in [3.63, 3.8) is 0 Å². The van der Waals surface area contributed by atoms with Crippen LogP contribution in [0.4, 0.5) is 4.79 Å². The number of hydrogen-bond donors (Lipinski definition) is 1. The molecule has 174 valence electrons. The Kier molecular flexibility index (Phi) is 8.00. The molecule has 1 aliphatic carbocycles. The molecule has 1 amide bonds. The maximum atomic E-state index is 12.4. The summed E-state index contributed by atoms with van der Waals surface area (Å²) in [5.41, 5.74) is 1.96. The number of hydrogen-bond acceptors (Lipinski definition) is 3. The van der Waals surface area contributed by atoms with Crippen LogP contribution in [-0.2, 0) is 17.8 Å². The molecular weight excluding hydrogens is 396 g/mol. The molecule has 32 heavy (non-hydrogen) atoms. The molecule has 0 atom stereocenters. The number of amides is 1. The molecule has 0 unspecified atom stereocenters. The van der Waals surface area contributed by atoms with Crippen molar-refractivity contribution in [1.29, 1.82) is 0 Å². The van der Waals surface area contributed by atoms with Gasteiger partial charge in [-0.25, -0.2) is 4.79 Å². The summed E-state index contributed by atoms with van der Waals surface area (Å²) >= 11 is 0. The lowest BCUT2D eigenvalue weighted by molar-refractivity contribution is 0.0382. The van der Waals surface area contributed by atoms with Gasteiger partial charge in [0.05, 0.1) is 0 Å². The standard InChI is InChI=1S/C28H40N2O2/c1-27(2,3)32-26(31)29-28(4,5)24-16-18-25(19-17-24)30(20-22-12-8-6-9-13-22)21-23-14-10-7-11-15-23/h6-15,24-25H,16-21H2,1-5H3,(H,29,31)/t24-,25-. The second-order valence-electron chi connectivity index (χ2n) is 10.7. The van der Waals surface area contributed by atoms with Crippen LogP contribution in [0.1, 0.15) is 71.4 Å². The van der Waals surface area contributed by atoms with Crippen LogP contribution in [0.15, 0.2) is 60.7 Å². The lowest BCUT2D eigenvalue weighted by atomic mass is 9.75. The number of ether oxygens (including phenoxy) is 1. The number of nitrogens with one attached hydrogen (secondary N) is 1. The van der Waals surface area contributed by atoms with E-state index < -0.39 is 5.60 Å². The van der Waals surface area contributed by atoms with Crippen molar-refractivity contribution in [3.8, 4) is 0 Å². The highest BCUT2D eigenvalue weighted by atomic mass is 16.6. The average Bonchev–Trinajstić information content (AvgIpc) is 2.73. The Hall–Kier alpha value is -2.33. The van der Waals surface area contributed by atoms with E-state index in [1.807, 2.05) is 20.8 Å². The normalized spacial score (nSPS) is 19.6. The van der Waals surface area contributed by atoms with Crippen LogP contribution in [0, 0.1) is 5.92 Å². The van der Waals surface area contributed by atoms with Gasteiger partial charge in [-0.05, 0) is 77.3 Å². The Morgan fingerprint density at radius 3 is 1.75 bits per heavy atom. The van der Waals surface area contributed by atoms with Crippen LogP contribution in [-0.4, -0.2) is 28.2 Å². The quantitative estimate of drug-likeness (QED) is 0.535. The van der Waals surface area contributed by atoms with Gasteiger partial charge >= 0.3 is 6.09 Å². The van der Waals surface area contributed by atoms with Gasteiger partial charge in [0.2, 0.25) is 0 Å². The molecule has 2 aromatic carbocycles. The lowest BCUT2D eigenvalue weighted by Crippen LogP contribution is -2.52. The molecule has 2 aromatic rings. The number of carbonyl (C=O) groups excluding carboxylic acids is 1. The SMILES string of the molecule is CC(C)(C)OC(=O)NC(C)(C)[C@H]1CC[C@H](N(Cc2ccccc2)Cc2ccccc2)CC1. The van der Waals surface area contributed by atoms with Crippen LogP contribution in [0.5, 0.6) is 0 Å². The molecule has 1 fully saturated rings. The van der Waals surface area contributed by atoms with E-state index in [1.54, 1.807) is 0 Å². The first-order valence-electron chi connectivity index (χ1n) is 12.0. The molecule has 0 radical (unpaired) electrons. The maximum absolute atomic E-state index is 12.4. The summed E-state index contributed by atoms with van der Waals surface area (Å²) in [6, 6.07) is 22.1. The van der Waals surface area contributed by atoms with Crippen molar-refractivity contribution in [3.05, 3.63) is 71.8 Å². The number of alkyl carbamates (subject to hydrolysis) is 1. The molecule has 4 nitrogen and oxygen atoms in total. The van der Waals surface area contributed by atoms with Gasteiger partial charge in [0.25, 0.3) is 0 Å². The zero-order valence-corrected chi connectivity index (χ0v) is 20.4. The highest BCUT2D eigenvalue weighted by Gasteiger charge is 2.36. The third kappa shape index (κ3) is 7.37. The summed E-state index contributed by atoms with van der Waals surface area (Å²) in [5, 5.41) is 3.13. The van der Waals surface area contributed by atoms with E-state index >= 15 is 0 Å². The third-order valence-electron chi connectivity index (χ3n) is 6.51. The Balaban J connectivity index is 1.63. The van der Waals surface area contributed by atoms with Gasteiger partial charge in [0.15, 0.2) is 0 Å². The summed E-state index contributed by atoms with van der Waals surface area (Å²) in [7, 11) is 0. The van der Waals surface area contributed by atoms with Gasteiger partial charge < -0.3 is 10.1 Å². The summed E-state index contributed by atoms with van der Waals surface area (Å²) in [6.07, 6.45) is 4.17. The van der Waals surface area contributed by atoms with Gasteiger partial charge in [-0.2, -0.15) is 0 Å². The van der Waals surface area contributed by atoms with E-state index in [0.717, 1.165) is 38.8 Å². The Bertz CT molecular complexity index is 793. The molecule has 0 aromatic heterocycles. The van der Waals surface area contributed by atoms with Gasteiger partial charge in [0.1, 0.15) is 5.60 Å². The minimum atomic E-state index is -0.479. The molecule has 0 aliphatic heterocycles. The van der Waals surface area contributed by atoms with Crippen LogP contribution >= 0.6 is 0 Å². The number of rotatable bonds is 7.